The number of H-pyrrole nitrogens is 1. The summed E-state index contributed by atoms with van der Waals surface area (Å²) in [6.45, 7) is 0.474. The summed E-state index contributed by atoms with van der Waals surface area (Å²) in [5, 5.41) is 14.2. The van der Waals surface area contributed by atoms with Gasteiger partial charge in [-0.2, -0.15) is 5.10 Å². The number of carbonyl (C=O) groups is 1. The molecule has 0 spiro atoms. The first-order chi connectivity index (χ1) is 13.6. The molecule has 0 aliphatic carbocycles. The smallest absolute Gasteiger partial charge is 0.276 e. The van der Waals surface area contributed by atoms with Gasteiger partial charge in [-0.3, -0.25) is 15.2 Å². The third kappa shape index (κ3) is 4.07. The minimum atomic E-state index is -0.429. The predicted molar refractivity (Wildman–Crippen MR) is 103 cm³/mol. The topological polar surface area (TPSA) is 88.5 Å². The van der Waals surface area contributed by atoms with Gasteiger partial charge in [0.05, 0.1) is 12.2 Å². The van der Waals surface area contributed by atoms with Gasteiger partial charge in [0.25, 0.3) is 5.91 Å². The van der Waals surface area contributed by atoms with Gasteiger partial charge >= 0.3 is 0 Å². The van der Waals surface area contributed by atoms with Gasteiger partial charge in [-0.05, 0) is 48.0 Å². The molecule has 7 nitrogen and oxygen atoms in total. The molecule has 0 aliphatic heterocycles. The summed E-state index contributed by atoms with van der Waals surface area (Å²) >= 11 is 5.98. The van der Waals surface area contributed by atoms with Gasteiger partial charge in [-0.25, -0.2) is 14.1 Å². The molecule has 4 rings (SSSR count). The minimum Gasteiger partial charge on any atom is -0.288 e. The molecule has 0 aliphatic rings. The van der Waals surface area contributed by atoms with Crippen LogP contribution < -0.4 is 5.32 Å². The maximum atomic E-state index is 13.0. The second kappa shape index (κ2) is 7.61. The molecule has 140 valence electrons. The zero-order valence-electron chi connectivity index (χ0n) is 14.4. The van der Waals surface area contributed by atoms with Crippen LogP contribution in [0.4, 0.5) is 10.3 Å². The van der Waals surface area contributed by atoms with Crippen LogP contribution in [0.25, 0.3) is 11.3 Å². The number of amides is 1. The van der Waals surface area contributed by atoms with Gasteiger partial charge < -0.3 is 0 Å². The lowest BCUT2D eigenvalue weighted by Gasteiger charge is -2.01. The molecule has 0 unspecified atom stereocenters. The first-order valence-corrected chi connectivity index (χ1v) is 8.71. The Kier molecular flexibility index (Phi) is 4.86. The first-order valence-electron chi connectivity index (χ1n) is 8.33. The predicted octanol–water partition coefficient (Wildman–Crippen LogP) is 3.76. The summed E-state index contributed by atoms with van der Waals surface area (Å²) in [6, 6.07) is 14.8. The Balaban J connectivity index is 1.43. The van der Waals surface area contributed by atoms with E-state index >= 15 is 0 Å². The quantitative estimate of drug-likeness (QED) is 0.537. The first kappa shape index (κ1) is 17.9. The Morgan fingerprint density at radius 1 is 1.18 bits per heavy atom. The largest absolute Gasteiger partial charge is 0.288 e. The number of aromatic amines is 1. The van der Waals surface area contributed by atoms with Crippen LogP contribution in [0, 0.1) is 5.82 Å². The lowest BCUT2D eigenvalue weighted by atomic mass is 10.1. The Morgan fingerprint density at radius 2 is 2.00 bits per heavy atom. The van der Waals surface area contributed by atoms with Gasteiger partial charge in [0.2, 0.25) is 5.95 Å². The lowest BCUT2D eigenvalue weighted by Crippen LogP contribution is -2.14. The Hall–Kier alpha value is -3.52. The summed E-state index contributed by atoms with van der Waals surface area (Å²) in [5.74, 6) is -0.594. The summed E-state index contributed by atoms with van der Waals surface area (Å²) in [5.41, 5.74) is 2.43. The molecule has 0 saturated carbocycles. The molecule has 4 aromatic rings. The zero-order valence-corrected chi connectivity index (χ0v) is 15.2. The Morgan fingerprint density at radius 3 is 2.79 bits per heavy atom. The molecule has 2 aromatic carbocycles. The van der Waals surface area contributed by atoms with Gasteiger partial charge in [-0.1, -0.05) is 23.7 Å². The highest BCUT2D eigenvalue weighted by Crippen LogP contribution is 2.18. The van der Waals surface area contributed by atoms with Crippen molar-refractivity contribution < 1.29 is 9.18 Å². The normalized spacial score (nSPS) is 10.8. The van der Waals surface area contributed by atoms with Crippen LogP contribution in [0.2, 0.25) is 5.02 Å². The highest BCUT2D eigenvalue weighted by molar-refractivity contribution is 6.30. The van der Waals surface area contributed by atoms with Crippen LogP contribution in [-0.4, -0.2) is 30.9 Å². The fourth-order valence-electron chi connectivity index (χ4n) is 2.63. The second-order valence-corrected chi connectivity index (χ2v) is 6.46. The third-order valence-corrected chi connectivity index (χ3v) is 4.19. The maximum absolute atomic E-state index is 13.0. The molecule has 9 heteroatoms. The second-order valence-electron chi connectivity index (χ2n) is 6.02. The van der Waals surface area contributed by atoms with Crippen molar-refractivity contribution in [2.24, 2.45) is 0 Å². The summed E-state index contributed by atoms with van der Waals surface area (Å²) < 4.78 is 14.6. The maximum Gasteiger partial charge on any atom is 0.276 e. The highest BCUT2D eigenvalue weighted by atomic mass is 35.5. The van der Waals surface area contributed by atoms with Crippen LogP contribution in [0.15, 0.2) is 60.9 Å². The van der Waals surface area contributed by atoms with Crippen LogP contribution in [-0.2, 0) is 6.54 Å². The van der Waals surface area contributed by atoms with Crippen LogP contribution in [0.5, 0.6) is 0 Å². The molecule has 2 heterocycles. The molecule has 1 amide bonds. The molecule has 0 radical (unpaired) electrons. The molecule has 0 saturated heterocycles. The van der Waals surface area contributed by atoms with Crippen molar-refractivity contribution in [1.82, 2.24) is 25.0 Å². The number of rotatable bonds is 5. The van der Waals surface area contributed by atoms with E-state index in [4.69, 9.17) is 11.6 Å². The van der Waals surface area contributed by atoms with E-state index in [0.29, 0.717) is 22.8 Å². The fourth-order valence-corrected chi connectivity index (χ4v) is 2.84. The van der Waals surface area contributed by atoms with Gasteiger partial charge in [0.1, 0.15) is 17.8 Å². The molecular formula is C19H14ClFN6O. The van der Waals surface area contributed by atoms with E-state index in [9.17, 15) is 9.18 Å². The molecule has 0 atom stereocenters. The van der Waals surface area contributed by atoms with Crippen LogP contribution in [0.3, 0.4) is 0 Å². The number of nitrogens with one attached hydrogen (secondary N) is 2. The number of carbonyl (C=O) groups excluding carboxylic acids is 1. The lowest BCUT2D eigenvalue weighted by molar-refractivity contribution is 0.102. The summed E-state index contributed by atoms with van der Waals surface area (Å²) in [4.78, 5) is 16.5. The van der Waals surface area contributed by atoms with Crippen LogP contribution >= 0.6 is 11.6 Å². The highest BCUT2D eigenvalue weighted by Gasteiger charge is 2.13. The monoisotopic (exact) mass is 396 g/mol. The average molecular weight is 397 g/mol. The Bertz CT molecular complexity index is 1120. The average Bonchev–Trinajstić information content (AvgIpc) is 3.32. The van der Waals surface area contributed by atoms with Crippen LogP contribution in [0.1, 0.15) is 16.1 Å². The molecular weight excluding hydrogens is 383 g/mol. The molecule has 2 N–H and O–H groups in total. The van der Waals surface area contributed by atoms with E-state index in [-0.39, 0.29) is 17.5 Å². The van der Waals surface area contributed by atoms with E-state index in [2.05, 4.69) is 25.6 Å². The number of hydrogen-bond acceptors (Lipinski definition) is 4. The summed E-state index contributed by atoms with van der Waals surface area (Å²) in [6.07, 6.45) is 1.52. The number of aromatic nitrogens is 5. The van der Waals surface area contributed by atoms with E-state index < -0.39 is 5.91 Å². The zero-order chi connectivity index (χ0) is 19.5. The van der Waals surface area contributed by atoms with E-state index in [1.54, 1.807) is 28.9 Å². The number of halogens is 2. The number of anilines is 1. The van der Waals surface area contributed by atoms with Crippen molar-refractivity contribution in [2.45, 2.75) is 6.54 Å². The minimum absolute atomic E-state index is 0.171. The SMILES string of the molecule is O=C(Nc1ncn(Cc2cccc(Cl)c2)n1)c1cc(-c2ccc(F)cc2)n[nH]1. The molecule has 0 bridgehead atoms. The van der Waals surface area contributed by atoms with E-state index in [1.165, 1.54) is 18.5 Å². The van der Waals surface area contributed by atoms with E-state index in [1.807, 2.05) is 18.2 Å². The van der Waals surface area contributed by atoms with Crippen molar-refractivity contribution in [3.05, 3.63) is 83.0 Å². The van der Waals surface area contributed by atoms with Gasteiger partial charge in [-0.15, -0.1) is 5.10 Å². The number of nitrogens with zero attached hydrogens (tertiary/aromatic N) is 4. The van der Waals surface area contributed by atoms with Gasteiger partial charge in [0, 0.05) is 10.6 Å². The fraction of sp³-hybridized carbons (Fsp3) is 0.0526. The van der Waals surface area contributed by atoms with Crippen molar-refractivity contribution in [1.29, 1.82) is 0 Å². The van der Waals surface area contributed by atoms with Crippen molar-refractivity contribution in [2.75, 3.05) is 5.32 Å². The van der Waals surface area contributed by atoms with Crippen molar-refractivity contribution >= 4 is 23.5 Å². The molecule has 2 aromatic heterocycles. The van der Waals surface area contributed by atoms with Gasteiger partial charge in [0.15, 0.2) is 0 Å². The third-order valence-electron chi connectivity index (χ3n) is 3.96. The standard InChI is InChI=1S/C19H14ClFN6O/c20-14-3-1-2-12(8-14)10-27-11-22-19(26-27)23-18(28)17-9-16(24-25-17)13-4-6-15(21)7-5-13/h1-9,11H,10H2,(H,24,25)(H,23,26,28). The molecule has 28 heavy (non-hydrogen) atoms. The number of hydrogen-bond donors (Lipinski definition) is 2. The van der Waals surface area contributed by atoms with Crippen molar-refractivity contribution in [3.63, 3.8) is 0 Å². The molecule has 0 fully saturated rings. The summed E-state index contributed by atoms with van der Waals surface area (Å²) in [7, 11) is 0. The van der Waals surface area contributed by atoms with Crippen molar-refractivity contribution in [3.8, 4) is 11.3 Å². The Labute approximate surface area is 164 Å². The van der Waals surface area contributed by atoms with E-state index in [0.717, 1.165) is 5.56 Å². The number of benzene rings is 2.